The monoisotopic (exact) mass is 257 g/mol. The van der Waals surface area contributed by atoms with E-state index in [1.807, 2.05) is 0 Å². The molecule has 2 aliphatic heterocycles. The Balaban J connectivity index is 1.57. The Kier molecular flexibility index (Phi) is 5.13. The predicted octanol–water partition coefficient (Wildman–Crippen LogP) is 0.497. The SMILES string of the molecule is CC1CCN(CCNC(=O)C2CSCN2)CC1. The number of rotatable bonds is 4. The summed E-state index contributed by atoms with van der Waals surface area (Å²) in [5.74, 6) is 2.86. The van der Waals surface area contributed by atoms with Gasteiger partial charge in [0.1, 0.15) is 0 Å². The van der Waals surface area contributed by atoms with Crippen LogP contribution in [0.15, 0.2) is 0 Å². The van der Waals surface area contributed by atoms with Crippen LogP contribution < -0.4 is 10.6 Å². The lowest BCUT2D eigenvalue weighted by Gasteiger charge is -2.30. The van der Waals surface area contributed by atoms with Gasteiger partial charge in [-0.3, -0.25) is 10.1 Å². The van der Waals surface area contributed by atoms with E-state index < -0.39 is 0 Å². The first-order valence-electron chi connectivity index (χ1n) is 6.57. The van der Waals surface area contributed by atoms with Gasteiger partial charge in [-0.1, -0.05) is 6.92 Å². The fourth-order valence-corrected chi connectivity index (χ4v) is 3.25. The van der Waals surface area contributed by atoms with Crippen molar-refractivity contribution in [3.8, 4) is 0 Å². The molecule has 0 aromatic carbocycles. The van der Waals surface area contributed by atoms with E-state index in [9.17, 15) is 4.79 Å². The van der Waals surface area contributed by atoms with E-state index in [0.717, 1.165) is 30.6 Å². The van der Waals surface area contributed by atoms with Crippen LogP contribution >= 0.6 is 11.8 Å². The molecule has 2 aliphatic rings. The van der Waals surface area contributed by atoms with Gasteiger partial charge in [-0.25, -0.2) is 0 Å². The Morgan fingerprint density at radius 2 is 2.24 bits per heavy atom. The molecule has 98 valence electrons. The van der Waals surface area contributed by atoms with Crippen LogP contribution in [0.3, 0.4) is 0 Å². The highest BCUT2D eigenvalue weighted by molar-refractivity contribution is 7.99. The van der Waals surface area contributed by atoms with Gasteiger partial charge in [0.15, 0.2) is 0 Å². The van der Waals surface area contributed by atoms with Crippen molar-refractivity contribution in [1.82, 2.24) is 15.5 Å². The first kappa shape index (κ1) is 13.2. The second-order valence-corrected chi connectivity index (χ2v) is 6.12. The zero-order chi connectivity index (χ0) is 12.1. The highest BCUT2D eigenvalue weighted by Crippen LogP contribution is 2.15. The molecule has 0 radical (unpaired) electrons. The van der Waals surface area contributed by atoms with E-state index in [-0.39, 0.29) is 11.9 Å². The minimum Gasteiger partial charge on any atom is -0.353 e. The van der Waals surface area contributed by atoms with Crippen molar-refractivity contribution < 1.29 is 4.79 Å². The first-order chi connectivity index (χ1) is 8.25. The lowest BCUT2D eigenvalue weighted by molar-refractivity contribution is -0.122. The summed E-state index contributed by atoms with van der Waals surface area (Å²) in [7, 11) is 0. The first-order valence-corrected chi connectivity index (χ1v) is 7.72. The maximum Gasteiger partial charge on any atom is 0.238 e. The van der Waals surface area contributed by atoms with Crippen molar-refractivity contribution in [2.75, 3.05) is 37.8 Å². The zero-order valence-corrected chi connectivity index (χ0v) is 11.4. The van der Waals surface area contributed by atoms with Gasteiger partial charge in [-0.15, -0.1) is 11.8 Å². The Bertz CT molecular complexity index is 248. The topological polar surface area (TPSA) is 44.4 Å². The van der Waals surface area contributed by atoms with E-state index in [2.05, 4.69) is 22.5 Å². The van der Waals surface area contributed by atoms with Crippen LogP contribution in [-0.4, -0.2) is 54.7 Å². The molecule has 0 spiro atoms. The Morgan fingerprint density at radius 1 is 1.47 bits per heavy atom. The Hall–Kier alpha value is -0.260. The molecule has 2 N–H and O–H groups in total. The summed E-state index contributed by atoms with van der Waals surface area (Å²) >= 11 is 1.79. The molecule has 2 rings (SSSR count). The van der Waals surface area contributed by atoms with Gasteiger partial charge in [0, 0.05) is 24.7 Å². The third-order valence-corrected chi connectivity index (χ3v) is 4.58. The number of carbonyl (C=O) groups is 1. The van der Waals surface area contributed by atoms with Crippen molar-refractivity contribution in [2.24, 2.45) is 5.92 Å². The quantitative estimate of drug-likeness (QED) is 0.770. The molecule has 0 aliphatic carbocycles. The number of nitrogens with one attached hydrogen (secondary N) is 2. The summed E-state index contributed by atoms with van der Waals surface area (Å²) in [4.78, 5) is 14.2. The molecule has 0 saturated carbocycles. The average molecular weight is 257 g/mol. The zero-order valence-electron chi connectivity index (χ0n) is 10.6. The molecule has 4 nitrogen and oxygen atoms in total. The van der Waals surface area contributed by atoms with E-state index in [1.165, 1.54) is 25.9 Å². The molecular weight excluding hydrogens is 234 g/mol. The maximum atomic E-state index is 11.7. The summed E-state index contributed by atoms with van der Waals surface area (Å²) in [6.45, 7) is 6.49. The third-order valence-electron chi connectivity index (χ3n) is 3.64. The summed E-state index contributed by atoms with van der Waals surface area (Å²) in [6, 6.07) is 0.0291. The molecule has 0 aromatic rings. The van der Waals surface area contributed by atoms with Crippen LogP contribution in [0.2, 0.25) is 0 Å². The van der Waals surface area contributed by atoms with Crippen molar-refractivity contribution in [2.45, 2.75) is 25.8 Å². The highest BCUT2D eigenvalue weighted by atomic mass is 32.2. The number of likely N-dealkylation sites (tertiary alicyclic amines) is 1. The summed E-state index contributed by atoms with van der Waals surface area (Å²) in [6.07, 6.45) is 2.60. The van der Waals surface area contributed by atoms with Gasteiger partial charge in [0.05, 0.1) is 6.04 Å². The van der Waals surface area contributed by atoms with Crippen LogP contribution in [0.25, 0.3) is 0 Å². The Labute approximate surface area is 108 Å². The van der Waals surface area contributed by atoms with Crippen molar-refractivity contribution >= 4 is 17.7 Å². The molecule has 1 atom stereocenters. The molecule has 5 heteroatoms. The molecule has 2 saturated heterocycles. The van der Waals surface area contributed by atoms with Crippen LogP contribution in [0.4, 0.5) is 0 Å². The Morgan fingerprint density at radius 3 is 2.88 bits per heavy atom. The highest BCUT2D eigenvalue weighted by Gasteiger charge is 2.22. The number of piperidine rings is 1. The van der Waals surface area contributed by atoms with E-state index >= 15 is 0 Å². The summed E-state index contributed by atoms with van der Waals surface area (Å²) in [5.41, 5.74) is 0. The second kappa shape index (κ2) is 6.61. The van der Waals surface area contributed by atoms with Gasteiger partial charge >= 0.3 is 0 Å². The van der Waals surface area contributed by atoms with Gasteiger partial charge in [-0.05, 0) is 31.8 Å². The number of nitrogens with zero attached hydrogens (tertiary/aromatic N) is 1. The van der Waals surface area contributed by atoms with Crippen molar-refractivity contribution in [1.29, 1.82) is 0 Å². The van der Waals surface area contributed by atoms with Crippen LogP contribution in [0.5, 0.6) is 0 Å². The van der Waals surface area contributed by atoms with E-state index in [0.29, 0.717) is 0 Å². The van der Waals surface area contributed by atoms with E-state index in [1.54, 1.807) is 11.8 Å². The molecule has 0 bridgehead atoms. The van der Waals surface area contributed by atoms with Crippen LogP contribution in [0.1, 0.15) is 19.8 Å². The number of hydrogen-bond donors (Lipinski definition) is 2. The van der Waals surface area contributed by atoms with Crippen LogP contribution in [0, 0.1) is 5.92 Å². The lowest BCUT2D eigenvalue weighted by Crippen LogP contribution is -2.45. The largest absolute Gasteiger partial charge is 0.353 e. The molecule has 0 aromatic heterocycles. The minimum atomic E-state index is 0.0291. The number of thioether (sulfide) groups is 1. The predicted molar refractivity (Wildman–Crippen MR) is 72.1 cm³/mol. The number of hydrogen-bond acceptors (Lipinski definition) is 4. The van der Waals surface area contributed by atoms with Gasteiger partial charge in [-0.2, -0.15) is 0 Å². The molecule has 2 heterocycles. The summed E-state index contributed by atoms with van der Waals surface area (Å²) in [5, 5.41) is 6.21. The molecule has 17 heavy (non-hydrogen) atoms. The number of amides is 1. The summed E-state index contributed by atoms with van der Waals surface area (Å²) < 4.78 is 0. The number of carbonyl (C=O) groups excluding carboxylic acids is 1. The normalized spacial score (nSPS) is 27.2. The maximum absolute atomic E-state index is 11.7. The standard InChI is InChI=1S/C12H23N3OS/c1-10-2-5-15(6-3-10)7-4-13-12(16)11-8-17-9-14-11/h10-11,14H,2-9H2,1H3,(H,13,16). The molecule has 1 amide bonds. The lowest BCUT2D eigenvalue weighted by atomic mass is 9.99. The fourth-order valence-electron chi connectivity index (χ4n) is 2.31. The third kappa shape index (κ3) is 4.16. The second-order valence-electron chi connectivity index (χ2n) is 5.09. The fraction of sp³-hybridized carbons (Fsp3) is 0.917. The van der Waals surface area contributed by atoms with Crippen molar-refractivity contribution in [3.63, 3.8) is 0 Å². The van der Waals surface area contributed by atoms with E-state index in [4.69, 9.17) is 0 Å². The molecule has 1 unspecified atom stereocenters. The van der Waals surface area contributed by atoms with Gasteiger partial charge < -0.3 is 10.2 Å². The molecule has 2 fully saturated rings. The van der Waals surface area contributed by atoms with Gasteiger partial charge in [0.2, 0.25) is 5.91 Å². The van der Waals surface area contributed by atoms with Crippen LogP contribution in [-0.2, 0) is 4.79 Å². The smallest absolute Gasteiger partial charge is 0.238 e. The minimum absolute atomic E-state index is 0.0291. The van der Waals surface area contributed by atoms with Gasteiger partial charge in [0.25, 0.3) is 0 Å². The van der Waals surface area contributed by atoms with Crippen molar-refractivity contribution in [3.05, 3.63) is 0 Å². The molecular formula is C12H23N3OS. The average Bonchev–Trinajstić information content (AvgIpc) is 2.85.